The molecule has 2 heterocycles. The molecule has 1 fully saturated rings. The molecule has 1 saturated heterocycles. The van der Waals surface area contributed by atoms with Crippen LogP contribution in [0.4, 0.5) is 4.79 Å². The number of aromatic nitrogens is 1. The van der Waals surface area contributed by atoms with Gasteiger partial charge in [-0.05, 0) is 51.2 Å². The van der Waals surface area contributed by atoms with Crippen LogP contribution in [0.3, 0.4) is 0 Å². The van der Waals surface area contributed by atoms with Gasteiger partial charge in [0.25, 0.3) is 5.56 Å². The number of piperidine rings is 1. The predicted molar refractivity (Wildman–Crippen MR) is 89.1 cm³/mol. The molecule has 1 aromatic rings. The summed E-state index contributed by atoms with van der Waals surface area (Å²) in [4.78, 5) is 25.8. The zero-order chi connectivity index (χ0) is 17.0. The van der Waals surface area contributed by atoms with Gasteiger partial charge in [-0.1, -0.05) is 0 Å². The highest BCUT2D eigenvalue weighted by Gasteiger charge is 2.27. The van der Waals surface area contributed by atoms with Gasteiger partial charge in [-0.2, -0.15) is 0 Å². The molecule has 128 valence electrons. The minimum absolute atomic E-state index is 0.0116. The van der Waals surface area contributed by atoms with E-state index in [0.717, 1.165) is 18.4 Å². The number of amides is 1. The lowest BCUT2D eigenvalue weighted by molar-refractivity contribution is 0.0178. The third kappa shape index (κ3) is 5.10. The second-order valence-corrected chi connectivity index (χ2v) is 7.14. The van der Waals surface area contributed by atoms with Crippen molar-refractivity contribution in [2.75, 3.05) is 13.1 Å². The Hall–Kier alpha value is -1.82. The summed E-state index contributed by atoms with van der Waals surface area (Å²) in [5.41, 5.74) is 5.92. The van der Waals surface area contributed by atoms with Gasteiger partial charge >= 0.3 is 6.09 Å². The number of carbonyl (C=O) groups excluding carboxylic acids is 1. The second-order valence-electron chi connectivity index (χ2n) is 7.14. The Kier molecular flexibility index (Phi) is 5.46. The molecule has 23 heavy (non-hydrogen) atoms. The molecule has 1 aliphatic rings. The number of ether oxygens (including phenoxy) is 1. The van der Waals surface area contributed by atoms with E-state index in [-0.39, 0.29) is 11.7 Å². The largest absolute Gasteiger partial charge is 0.444 e. The van der Waals surface area contributed by atoms with Crippen LogP contribution < -0.4 is 11.3 Å². The fourth-order valence-electron chi connectivity index (χ4n) is 2.73. The maximum Gasteiger partial charge on any atom is 0.410 e. The lowest BCUT2D eigenvalue weighted by Crippen LogP contribution is -2.42. The van der Waals surface area contributed by atoms with Crippen LogP contribution in [0.1, 0.15) is 39.2 Å². The van der Waals surface area contributed by atoms with Gasteiger partial charge in [0, 0.05) is 38.4 Å². The topological polar surface area (TPSA) is 77.6 Å². The normalized spacial score (nSPS) is 16.4. The summed E-state index contributed by atoms with van der Waals surface area (Å²) in [7, 11) is 0. The Morgan fingerprint density at radius 1 is 1.35 bits per heavy atom. The molecule has 0 aliphatic carbocycles. The first-order chi connectivity index (χ1) is 10.8. The maximum atomic E-state index is 12.0. The van der Waals surface area contributed by atoms with E-state index in [1.165, 1.54) is 0 Å². The Morgan fingerprint density at radius 2 is 2.00 bits per heavy atom. The fourth-order valence-corrected chi connectivity index (χ4v) is 2.73. The average molecular weight is 321 g/mol. The monoisotopic (exact) mass is 321 g/mol. The summed E-state index contributed by atoms with van der Waals surface area (Å²) in [5.74, 6) is 0.398. The maximum absolute atomic E-state index is 12.0. The molecular formula is C17H27N3O3. The van der Waals surface area contributed by atoms with E-state index in [9.17, 15) is 9.59 Å². The molecule has 0 aromatic carbocycles. The highest BCUT2D eigenvalue weighted by atomic mass is 16.6. The van der Waals surface area contributed by atoms with Gasteiger partial charge in [0.05, 0.1) is 0 Å². The van der Waals surface area contributed by atoms with Crippen LogP contribution in [-0.4, -0.2) is 34.3 Å². The Labute approximate surface area is 137 Å². The van der Waals surface area contributed by atoms with E-state index < -0.39 is 5.60 Å². The molecule has 0 atom stereocenters. The van der Waals surface area contributed by atoms with E-state index in [2.05, 4.69) is 0 Å². The molecule has 2 rings (SSSR count). The Bertz CT molecular complexity index is 596. The molecule has 0 saturated carbocycles. The predicted octanol–water partition coefficient (Wildman–Crippen LogP) is 1.95. The quantitative estimate of drug-likeness (QED) is 0.923. The summed E-state index contributed by atoms with van der Waals surface area (Å²) in [5, 5.41) is 0. The molecule has 0 radical (unpaired) electrons. The number of hydrogen-bond donors (Lipinski definition) is 1. The first-order valence-electron chi connectivity index (χ1n) is 8.16. The third-order valence-electron chi connectivity index (χ3n) is 4.02. The van der Waals surface area contributed by atoms with Crippen molar-refractivity contribution >= 4 is 6.09 Å². The SMILES string of the molecule is CC(C)(C)OC(=O)N1CCC(Cn2ccc(CN)cc2=O)CC1. The van der Waals surface area contributed by atoms with E-state index in [4.69, 9.17) is 10.5 Å². The van der Waals surface area contributed by atoms with Crippen LogP contribution in [0, 0.1) is 5.92 Å². The second kappa shape index (κ2) is 7.17. The molecule has 1 aliphatic heterocycles. The van der Waals surface area contributed by atoms with Crippen molar-refractivity contribution in [1.29, 1.82) is 0 Å². The zero-order valence-corrected chi connectivity index (χ0v) is 14.2. The molecule has 1 amide bonds. The van der Waals surface area contributed by atoms with Gasteiger partial charge in [-0.25, -0.2) is 4.79 Å². The molecule has 1 aromatic heterocycles. The fraction of sp³-hybridized carbons (Fsp3) is 0.647. The number of pyridine rings is 1. The summed E-state index contributed by atoms with van der Waals surface area (Å²) in [6.45, 7) is 8.03. The molecule has 2 N–H and O–H groups in total. The summed E-state index contributed by atoms with van der Waals surface area (Å²) < 4.78 is 7.12. The van der Waals surface area contributed by atoms with Crippen LogP contribution in [0.5, 0.6) is 0 Å². The van der Waals surface area contributed by atoms with Crippen LogP contribution in [0.15, 0.2) is 23.1 Å². The van der Waals surface area contributed by atoms with Crippen molar-refractivity contribution in [3.63, 3.8) is 0 Å². The molecule has 6 heteroatoms. The van der Waals surface area contributed by atoms with Crippen molar-refractivity contribution in [2.45, 2.75) is 52.3 Å². The molecule has 0 spiro atoms. The van der Waals surface area contributed by atoms with Crippen molar-refractivity contribution < 1.29 is 9.53 Å². The number of hydrogen-bond acceptors (Lipinski definition) is 4. The van der Waals surface area contributed by atoms with Crippen LogP contribution in [0.25, 0.3) is 0 Å². The van der Waals surface area contributed by atoms with Crippen LogP contribution in [0.2, 0.25) is 0 Å². The lowest BCUT2D eigenvalue weighted by Gasteiger charge is -2.33. The molecular weight excluding hydrogens is 294 g/mol. The van der Waals surface area contributed by atoms with Crippen LogP contribution >= 0.6 is 0 Å². The number of rotatable bonds is 3. The van der Waals surface area contributed by atoms with E-state index >= 15 is 0 Å². The minimum atomic E-state index is -0.466. The number of nitrogens with two attached hydrogens (primary N) is 1. The summed E-state index contributed by atoms with van der Waals surface area (Å²) >= 11 is 0. The van der Waals surface area contributed by atoms with Crippen LogP contribution in [-0.2, 0) is 17.8 Å². The van der Waals surface area contributed by atoms with Gasteiger partial charge in [-0.15, -0.1) is 0 Å². The zero-order valence-electron chi connectivity index (χ0n) is 14.2. The van der Waals surface area contributed by atoms with Crippen molar-refractivity contribution in [3.8, 4) is 0 Å². The van der Waals surface area contributed by atoms with Gasteiger partial charge in [0.2, 0.25) is 0 Å². The standard InChI is InChI=1S/C17H27N3O3/c1-17(2,3)23-16(22)19-7-4-13(5-8-19)12-20-9-6-14(11-18)10-15(20)21/h6,9-10,13H,4-5,7-8,11-12,18H2,1-3H3. The molecule has 0 unspecified atom stereocenters. The Morgan fingerprint density at radius 3 is 2.52 bits per heavy atom. The van der Waals surface area contributed by atoms with Gasteiger partial charge in [0.1, 0.15) is 5.60 Å². The van der Waals surface area contributed by atoms with Gasteiger partial charge < -0.3 is 19.9 Å². The number of nitrogens with zero attached hydrogens (tertiary/aromatic N) is 2. The smallest absolute Gasteiger partial charge is 0.410 e. The first kappa shape index (κ1) is 17.5. The Balaban J connectivity index is 1.88. The first-order valence-corrected chi connectivity index (χ1v) is 8.16. The lowest BCUT2D eigenvalue weighted by atomic mass is 9.97. The summed E-state index contributed by atoms with van der Waals surface area (Å²) in [6.07, 6.45) is 3.32. The van der Waals surface area contributed by atoms with Gasteiger partial charge in [0.15, 0.2) is 0 Å². The van der Waals surface area contributed by atoms with Gasteiger partial charge in [-0.3, -0.25) is 4.79 Å². The third-order valence-corrected chi connectivity index (χ3v) is 4.02. The highest BCUT2D eigenvalue weighted by Crippen LogP contribution is 2.20. The molecule has 6 nitrogen and oxygen atoms in total. The minimum Gasteiger partial charge on any atom is -0.444 e. The van der Waals surface area contributed by atoms with E-state index in [1.807, 2.05) is 33.0 Å². The van der Waals surface area contributed by atoms with Crippen molar-refractivity contribution in [3.05, 3.63) is 34.2 Å². The highest BCUT2D eigenvalue weighted by molar-refractivity contribution is 5.68. The summed E-state index contributed by atoms with van der Waals surface area (Å²) in [6, 6.07) is 3.48. The van der Waals surface area contributed by atoms with E-state index in [0.29, 0.717) is 32.1 Å². The number of likely N-dealkylation sites (tertiary alicyclic amines) is 1. The number of carbonyl (C=O) groups is 1. The van der Waals surface area contributed by atoms with Crippen molar-refractivity contribution in [1.82, 2.24) is 9.47 Å². The molecule has 0 bridgehead atoms. The van der Waals surface area contributed by atoms with Crippen molar-refractivity contribution in [2.24, 2.45) is 11.7 Å². The van der Waals surface area contributed by atoms with E-state index in [1.54, 1.807) is 15.5 Å². The average Bonchev–Trinajstić information content (AvgIpc) is 2.48.